The highest BCUT2D eigenvalue weighted by atomic mass is 16.6. The molecule has 1 aliphatic rings. The summed E-state index contributed by atoms with van der Waals surface area (Å²) in [6, 6.07) is 0. The number of piperazine rings is 1. The van der Waals surface area contributed by atoms with Crippen molar-refractivity contribution in [3.8, 4) is 0 Å². The second kappa shape index (κ2) is 11.0. The molecule has 0 aromatic carbocycles. The van der Waals surface area contributed by atoms with Gasteiger partial charge in [0.05, 0.1) is 6.54 Å². The number of carbonyl (C=O) groups is 2. The van der Waals surface area contributed by atoms with E-state index in [9.17, 15) is 9.59 Å². The first-order valence-corrected chi connectivity index (χ1v) is 9.94. The molecule has 156 valence electrons. The molecular formula is C19H37N5O3. The molecule has 1 heterocycles. The lowest BCUT2D eigenvalue weighted by molar-refractivity contribution is -0.130. The van der Waals surface area contributed by atoms with Crippen molar-refractivity contribution in [2.45, 2.75) is 53.6 Å². The zero-order chi connectivity index (χ0) is 20.4. The van der Waals surface area contributed by atoms with Gasteiger partial charge in [0, 0.05) is 52.7 Å². The summed E-state index contributed by atoms with van der Waals surface area (Å²) < 4.78 is 5.48. The second-order valence-corrected chi connectivity index (χ2v) is 7.70. The summed E-state index contributed by atoms with van der Waals surface area (Å²) in [6.45, 7) is 16.7. The maximum atomic E-state index is 12.3. The van der Waals surface area contributed by atoms with Gasteiger partial charge in [0.15, 0.2) is 5.96 Å². The first-order chi connectivity index (χ1) is 12.7. The minimum absolute atomic E-state index is 0.115. The molecule has 1 saturated heterocycles. The van der Waals surface area contributed by atoms with E-state index < -0.39 is 5.60 Å². The summed E-state index contributed by atoms with van der Waals surface area (Å²) in [5, 5.41) is 3.31. The van der Waals surface area contributed by atoms with Crippen molar-refractivity contribution in [2.24, 2.45) is 4.99 Å². The quantitative estimate of drug-likeness (QED) is 0.559. The minimum atomic E-state index is -0.502. The standard InChI is InChI=1S/C19H37N5O3/c1-7-10-24(18(26)27-19(4,5)6)11-9-21-17(20-8-2)23-14-12-22(13-15-23)16(3)25/h7-15H2,1-6H3,(H,20,21). The van der Waals surface area contributed by atoms with Crippen LogP contribution in [-0.2, 0) is 9.53 Å². The minimum Gasteiger partial charge on any atom is -0.444 e. The highest BCUT2D eigenvalue weighted by Gasteiger charge is 2.23. The number of nitrogens with zero attached hydrogens (tertiary/aromatic N) is 4. The molecule has 1 rings (SSSR count). The summed E-state index contributed by atoms with van der Waals surface area (Å²) in [5.41, 5.74) is -0.502. The van der Waals surface area contributed by atoms with Crippen LogP contribution in [0.1, 0.15) is 48.0 Å². The maximum Gasteiger partial charge on any atom is 0.410 e. The molecule has 0 aromatic rings. The Labute approximate surface area is 163 Å². The molecule has 0 radical (unpaired) electrons. The zero-order valence-corrected chi connectivity index (χ0v) is 17.9. The highest BCUT2D eigenvalue weighted by Crippen LogP contribution is 2.10. The fourth-order valence-electron chi connectivity index (χ4n) is 2.83. The van der Waals surface area contributed by atoms with Crippen molar-refractivity contribution >= 4 is 18.0 Å². The molecule has 1 aliphatic heterocycles. The first-order valence-electron chi connectivity index (χ1n) is 9.94. The topological polar surface area (TPSA) is 77.5 Å². The summed E-state index contributed by atoms with van der Waals surface area (Å²) in [5.74, 6) is 0.950. The zero-order valence-electron chi connectivity index (χ0n) is 17.9. The molecule has 8 heteroatoms. The van der Waals surface area contributed by atoms with Gasteiger partial charge in [-0.15, -0.1) is 0 Å². The van der Waals surface area contributed by atoms with Gasteiger partial charge in [-0.25, -0.2) is 4.79 Å². The Hall–Kier alpha value is -1.99. The van der Waals surface area contributed by atoms with Gasteiger partial charge in [-0.1, -0.05) is 6.92 Å². The number of guanidine groups is 1. The number of rotatable bonds is 6. The van der Waals surface area contributed by atoms with Crippen LogP contribution >= 0.6 is 0 Å². The third kappa shape index (κ3) is 8.49. The van der Waals surface area contributed by atoms with E-state index in [0.717, 1.165) is 32.0 Å². The Morgan fingerprint density at radius 3 is 2.15 bits per heavy atom. The number of ether oxygens (including phenoxy) is 1. The summed E-state index contributed by atoms with van der Waals surface area (Å²) in [6.07, 6.45) is 0.579. The Balaban J connectivity index is 2.65. The average molecular weight is 384 g/mol. The van der Waals surface area contributed by atoms with E-state index in [-0.39, 0.29) is 12.0 Å². The number of carbonyl (C=O) groups excluding carboxylic acids is 2. The van der Waals surface area contributed by atoms with Crippen molar-refractivity contribution < 1.29 is 14.3 Å². The van der Waals surface area contributed by atoms with Crippen LogP contribution in [0.3, 0.4) is 0 Å². The number of aliphatic imine (C=N–C) groups is 1. The molecule has 0 spiro atoms. The van der Waals surface area contributed by atoms with Crippen LogP contribution in [-0.4, -0.2) is 90.6 Å². The molecule has 0 unspecified atom stereocenters. The van der Waals surface area contributed by atoms with Crippen molar-refractivity contribution in [1.29, 1.82) is 0 Å². The fraction of sp³-hybridized carbons (Fsp3) is 0.842. The van der Waals surface area contributed by atoms with Crippen LogP contribution in [0.25, 0.3) is 0 Å². The maximum absolute atomic E-state index is 12.3. The molecular weight excluding hydrogens is 346 g/mol. The van der Waals surface area contributed by atoms with Gasteiger partial charge >= 0.3 is 6.09 Å². The predicted molar refractivity (Wildman–Crippen MR) is 108 cm³/mol. The SMILES string of the molecule is CCCN(CCN=C(NCC)N1CCN(C(C)=O)CC1)C(=O)OC(C)(C)C. The summed E-state index contributed by atoms with van der Waals surface area (Å²) in [4.78, 5) is 34.2. The number of hydrogen-bond acceptors (Lipinski definition) is 4. The van der Waals surface area contributed by atoms with Crippen LogP contribution in [0.2, 0.25) is 0 Å². The van der Waals surface area contributed by atoms with E-state index in [1.54, 1.807) is 11.8 Å². The lowest BCUT2D eigenvalue weighted by Crippen LogP contribution is -2.53. The normalized spacial score (nSPS) is 15.6. The predicted octanol–water partition coefficient (Wildman–Crippen LogP) is 1.76. The van der Waals surface area contributed by atoms with Crippen molar-refractivity contribution in [1.82, 2.24) is 20.0 Å². The van der Waals surface area contributed by atoms with Crippen LogP contribution in [0, 0.1) is 0 Å². The van der Waals surface area contributed by atoms with E-state index >= 15 is 0 Å². The highest BCUT2D eigenvalue weighted by molar-refractivity contribution is 5.80. The second-order valence-electron chi connectivity index (χ2n) is 7.70. The van der Waals surface area contributed by atoms with Gasteiger partial charge in [0.2, 0.25) is 5.91 Å². The van der Waals surface area contributed by atoms with E-state index in [2.05, 4.69) is 15.2 Å². The molecule has 0 saturated carbocycles. The van der Waals surface area contributed by atoms with Gasteiger partial charge in [0.1, 0.15) is 5.60 Å². The van der Waals surface area contributed by atoms with E-state index in [1.165, 1.54) is 0 Å². The average Bonchev–Trinajstić information content (AvgIpc) is 2.58. The summed E-state index contributed by atoms with van der Waals surface area (Å²) >= 11 is 0. The molecule has 1 N–H and O–H groups in total. The van der Waals surface area contributed by atoms with E-state index in [0.29, 0.717) is 32.7 Å². The Morgan fingerprint density at radius 2 is 1.67 bits per heavy atom. The lowest BCUT2D eigenvalue weighted by atomic mass is 10.2. The van der Waals surface area contributed by atoms with Gasteiger partial charge in [0.25, 0.3) is 0 Å². The van der Waals surface area contributed by atoms with Crippen LogP contribution in [0.4, 0.5) is 4.79 Å². The van der Waals surface area contributed by atoms with Crippen LogP contribution < -0.4 is 5.32 Å². The van der Waals surface area contributed by atoms with Gasteiger partial charge in [-0.2, -0.15) is 0 Å². The smallest absolute Gasteiger partial charge is 0.410 e. The van der Waals surface area contributed by atoms with Crippen molar-refractivity contribution in [3.63, 3.8) is 0 Å². The Kier molecular flexibility index (Phi) is 9.38. The lowest BCUT2D eigenvalue weighted by Gasteiger charge is -2.36. The fourth-order valence-corrected chi connectivity index (χ4v) is 2.83. The third-order valence-corrected chi connectivity index (χ3v) is 4.14. The third-order valence-electron chi connectivity index (χ3n) is 4.14. The van der Waals surface area contributed by atoms with E-state index in [4.69, 9.17) is 4.74 Å². The molecule has 27 heavy (non-hydrogen) atoms. The molecule has 0 aromatic heterocycles. The Bertz CT molecular complexity index is 508. The summed E-state index contributed by atoms with van der Waals surface area (Å²) in [7, 11) is 0. The molecule has 0 bridgehead atoms. The van der Waals surface area contributed by atoms with Gasteiger partial charge in [-0.05, 0) is 34.1 Å². The molecule has 1 fully saturated rings. The van der Waals surface area contributed by atoms with Gasteiger partial charge < -0.3 is 24.8 Å². The molecule has 2 amide bonds. The first kappa shape index (κ1) is 23.0. The molecule has 0 aliphatic carbocycles. The number of amides is 2. The van der Waals surface area contributed by atoms with Crippen LogP contribution in [0.5, 0.6) is 0 Å². The van der Waals surface area contributed by atoms with Gasteiger partial charge in [-0.3, -0.25) is 9.79 Å². The van der Waals surface area contributed by atoms with Crippen LogP contribution in [0.15, 0.2) is 4.99 Å². The van der Waals surface area contributed by atoms with Crippen molar-refractivity contribution in [2.75, 3.05) is 52.4 Å². The Morgan fingerprint density at radius 1 is 1.07 bits per heavy atom. The van der Waals surface area contributed by atoms with E-state index in [1.807, 2.05) is 39.5 Å². The van der Waals surface area contributed by atoms with Crippen molar-refractivity contribution in [3.05, 3.63) is 0 Å². The molecule has 8 nitrogen and oxygen atoms in total. The monoisotopic (exact) mass is 383 g/mol. The largest absolute Gasteiger partial charge is 0.444 e. The number of hydrogen-bond donors (Lipinski definition) is 1. The number of nitrogens with one attached hydrogen (secondary N) is 1. The molecule has 0 atom stereocenters.